The van der Waals surface area contributed by atoms with Crippen LogP contribution in [0.4, 0.5) is 0 Å². The minimum absolute atomic E-state index is 0.365. The van der Waals surface area contributed by atoms with Crippen molar-refractivity contribution in [1.29, 1.82) is 0 Å². The Morgan fingerprint density at radius 2 is 0.414 bits per heavy atom. The molecule has 0 atom stereocenters. The molecule has 0 spiro atoms. The van der Waals surface area contributed by atoms with E-state index in [-0.39, 0.29) is 52.9 Å². The highest BCUT2D eigenvalue weighted by Gasteiger charge is 2.22. The van der Waals surface area contributed by atoms with Crippen molar-refractivity contribution >= 4 is 9.05 Å². The molecule has 0 heterocycles. The lowest BCUT2D eigenvalue weighted by molar-refractivity contribution is 0.0450. The van der Waals surface area contributed by atoms with E-state index in [1.54, 1.807) is 0 Å². The Morgan fingerprint density at radius 3 is 0.414 bits per heavy atom. The van der Waals surface area contributed by atoms with Crippen molar-refractivity contribution in [2.24, 2.45) is 0 Å². The molecule has 29 heavy (non-hydrogen) atoms. The summed E-state index contributed by atoms with van der Waals surface area (Å²) >= 11 is 0. The van der Waals surface area contributed by atoms with Crippen LogP contribution in [0.2, 0.25) is 0 Å². The third-order valence-electron chi connectivity index (χ3n) is 1.69. The van der Waals surface area contributed by atoms with Gasteiger partial charge in [0.05, 0.1) is 52.9 Å². The number of aliphatic hydroxyl groups excluding tert-OH is 12. The van der Waals surface area contributed by atoms with E-state index in [0.717, 1.165) is 0 Å². The molecule has 0 aromatic rings. The number of rotatable bonds is 8. The van der Waals surface area contributed by atoms with Crippen LogP contribution in [0.5, 0.6) is 0 Å². The zero-order valence-corrected chi connectivity index (χ0v) is 16.6. The normalized spacial score (nSPS) is 10.3. The van der Waals surface area contributed by atoms with Crippen LogP contribution in [-0.2, 0) is 0 Å². The summed E-state index contributed by atoms with van der Waals surface area (Å²) in [7, 11) is -4.61. The van der Waals surface area contributed by atoms with Gasteiger partial charge >= 0.3 is 9.05 Å². The summed E-state index contributed by atoms with van der Waals surface area (Å²) in [6.45, 7) is -2.92. The van der Waals surface area contributed by atoms with E-state index in [0.29, 0.717) is 0 Å². The van der Waals surface area contributed by atoms with Crippen molar-refractivity contribution in [3.63, 3.8) is 0 Å². The fourth-order valence-electron chi connectivity index (χ4n) is 0.231. The van der Waals surface area contributed by atoms with Crippen molar-refractivity contribution in [2.75, 3.05) is 52.9 Å². The molecule has 0 aromatic heterocycles. The summed E-state index contributed by atoms with van der Waals surface area (Å²) in [5.41, 5.74) is 0. The summed E-state index contributed by atoms with van der Waals surface area (Å²) in [4.78, 5) is 29.3. The van der Waals surface area contributed by atoms with Gasteiger partial charge in [0.1, 0.15) is 24.4 Å². The van der Waals surface area contributed by atoms with E-state index in [1.165, 1.54) is 0 Å². The number of hydrogen-bond acceptors (Lipinski definition) is 16. The summed E-state index contributed by atoms with van der Waals surface area (Å²) in [6.07, 6.45) is -3.81. The molecule has 0 bridgehead atoms. The highest BCUT2D eigenvalue weighted by Crippen LogP contribution is 1.73. The summed E-state index contributed by atoms with van der Waals surface area (Å²) in [5.74, 6) is 0. The quantitative estimate of drug-likeness (QED) is 0.148. The minimum atomic E-state index is -4.61. The lowest BCUT2D eigenvalue weighted by Crippen LogP contribution is -2.33. The topological polar surface area (TPSA) is 324 Å². The maximum atomic E-state index is 8.17. The van der Waals surface area contributed by atoms with Crippen molar-refractivity contribution in [3.05, 3.63) is 0 Å². The van der Waals surface area contributed by atoms with E-state index in [1.807, 2.05) is 0 Å². The van der Waals surface area contributed by atoms with Gasteiger partial charge in [0.25, 0.3) is 0 Å². The molecule has 0 saturated carbocycles. The molecule has 16 nitrogen and oxygen atoms in total. The second-order valence-corrected chi connectivity index (χ2v) is 5.88. The van der Waals surface area contributed by atoms with Crippen LogP contribution in [0.3, 0.4) is 0 Å². The van der Waals surface area contributed by atoms with Gasteiger partial charge in [0.15, 0.2) is 0 Å². The summed E-state index contributed by atoms with van der Waals surface area (Å²) in [5, 5.41) is 96.1. The summed E-state index contributed by atoms with van der Waals surface area (Å²) < 4.78 is 0. The van der Waals surface area contributed by atoms with Gasteiger partial charge in [-0.15, -0.1) is 0 Å². The predicted molar refractivity (Wildman–Crippen MR) is 95.3 cm³/mol. The van der Waals surface area contributed by atoms with Gasteiger partial charge in [-0.25, -0.2) is 0 Å². The highest BCUT2D eigenvalue weighted by molar-refractivity contribution is 6.46. The van der Waals surface area contributed by atoms with E-state index in [2.05, 4.69) is 0 Å². The summed E-state index contributed by atoms with van der Waals surface area (Å²) in [6, 6.07) is 0. The second-order valence-electron chi connectivity index (χ2n) is 4.68. The van der Waals surface area contributed by atoms with E-state index in [9.17, 15) is 0 Å². The monoisotopic (exact) mass is 464 g/mol. The zero-order chi connectivity index (χ0) is 24.5. The molecule has 0 fully saturated rings. The van der Waals surface area contributed by atoms with Crippen LogP contribution < -0.4 is 0 Å². The zero-order valence-electron chi connectivity index (χ0n) is 15.6. The number of aliphatic hydroxyl groups is 12. The Hall–Kier alpha value is -0.423. The first kappa shape index (κ1) is 39.1. The van der Waals surface area contributed by atoms with Crippen molar-refractivity contribution in [3.8, 4) is 0 Å². The molecule has 16 N–H and O–H groups in total. The first-order valence-electron chi connectivity index (χ1n) is 7.72. The fraction of sp³-hybridized carbons (Fsp3) is 1.00. The molecular weight excluding hydrogens is 428 g/mol. The molecule has 0 aliphatic carbocycles. The molecule has 184 valence electrons. The molecule has 0 aliphatic rings. The van der Waals surface area contributed by atoms with E-state index >= 15 is 0 Å². The SMILES string of the molecule is OCC(O)CO.OCC(O)CO.OCC(O)CO.OCC(O)CO.O[Si](O)(O)O. The molecule has 0 aromatic carbocycles. The van der Waals surface area contributed by atoms with Gasteiger partial charge in [-0.05, 0) is 0 Å². The second kappa shape index (κ2) is 29.8. The van der Waals surface area contributed by atoms with Crippen LogP contribution in [-0.4, -0.2) is 167 Å². The van der Waals surface area contributed by atoms with Crippen LogP contribution in [0.15, 0.2) is 0 Å². The molecule has 17 heteroatoms. The van der Waals surface area contributed by atoms with Gasteiger partial charge < -0.3 is 80.5 Å². The van der Waals surface area contributed by atoms with Crippen molar-refractivity contribution in [1.82, 2.24) is 0 Å². The standard InChI is InChI=1S/4C3H8O3.H4O4Si/c4*4-1-3(6)2-5;1-5(2,3)4/h4*3-6H,1-2H2;1-4H. The van der Waals surface area contributed by atoms with Crippen LogP contribution in [0.1, 0.15) is 0 Å². The fourth-order valence-corrected chi connectivity index (χ4v) is 0.231. The largest absolute Gasteiger partial charge is 0.668 e. The van der Waals surface area contributed by atoms with Gasteiger partial charge in [-0.3, -0.25) is 0 Å². The maximum absolute atomic E-state index is 8.17. The predicted octanol–water partition coefficient (Wildman–Crippen LogP) is -9.28. The third-order valence-corrected chi connectivity index (χ3v) is 1.69. The van der Waals surface area contributed by atoms with Crippen molar-refractivity contribution < 1.29 is 80.5 Å². The molecular formula is C12H36O16Si. The molecule has 0 rings (SSSR count). The third kappa shape index (κ3) is 74.3. The Labute approximate surface area is 167 Å². The van der Waals surface area contributed by atoms with Gasteiger partial charge in [0, 0.05) is 0 Å². The lowest BCUT2D eigenvalue weighted by Gasteiger charge is -1.96. The molecule has 0 aliphatic heterocycles. The van der Waals surface area contributed by atoms with Gasteiger partial charge in [-0.1, -0.05) is 0 Å². The maximum Gasteiger partial charge on any atom is 0.668 e. The molecule has 0 saturated heterocycles. The smallest absolute Gasteiger partial charge is 0.394 e. The number of hydrogen-bond donors (Lipinski definition) is 16. The Morgan fingerprint density at radius 1 is 0.345 bits per heavy atom. The molecule has 0 unspecified atom stereocenters. The highest BCUT2D eigenvalue weighted by atomic mass is 28.4. The van der Waals surface area contributed by atoms with Crippen LogP contribution >= 0.6 is 0 Å². The lowest BCUT2D eigenvalue weighted by atomic mass is 10.4. The average Bonchev–Trinajstić information content (AvgIpc) is 2.71. The Kier molecular flexibility index (Phi) is 40.1. The van der Waals surface area contributed by atoms with E-state index < -0.39 is 33.5 Å². The van der Waals surface area contributed by atoms with Crippen molar-refractivity contribution in [2.45, 2.75) is 24.4 Å². The Bertz CT molecular complexity index is 207. The first-order valence-corrected chi connectivity index (χ1v) is 9.51. The minimum Gasteiger partial charge on any atom is -0.394 e. The Balaban J connectivity index is -0.0000000829. The first-order chi connectivity index (χ1) is 13.2. The van der Waals surface area contributed by atoms with E-state index in [4.69, 9.17) is 80.5 Å². The average molecular weight is 464 g/mol. The molecule has 0 amide bonds. The van der Waals surface area contributed by atoms with Gasteiger partial charge in [-0.2, -0.15) is 0 Å². The molecule has 0 radical (unpaired) electrons. The van der Waals surface area contributed by atoms with Crippen LogP contribution in [0.25, 0.3) is 0 Å². The van der Waals surface area contributed by atoms with Crippen LogP contribution in [0, 0.1) is 0 Å². The van der Waals surface area contributed by atoms with Gasteiger partial charge in [0.2, 0.25) is 0 Å².